The molecule has 2 saturated heterocycles. The Kier molecular flexibility index (Phi) is 6.35. The number of nitrogens with zero attached hydrogens (tertiary/aromatic N) is 4. The van der Waals surface area contributed by atoms with Gasteiger partial charge in [-0.2, -0.15) is 0 Å². The molecule has 40 heavy (non-hydrogen) atoms. The largest absolute Gasteiger partial charge is 0.573 e. The highest BCUT2D eigenvalue weighted by molar-refractivity contribution is 6.08. The molecule has 0 saturated carbocycles. The lowest BCUT2D eigenvalue weighted by Crippen LogP contribution is -2.72. The third-order valence-electron chi connectivity index (χ3n) is 7.98. The lowest BCUT2D eigenvalue weighted by molar-refractivity contribution is -0.274. The van der Waals surface area contributed by atoms with E-state index in [1.165, 1.54) is 12.1 Å². The summed E-state index contributed by atoms with van der Waals surface area (Å²) in [5.74, 6) is -0.291. The van der Waals surface area contributed by atoms with E-state index >= 15 is 0 Å². The van der Waals surface area contributed by atoms with Gasteiger partial charge in [0.1, 0.15) is 5.75 Å². The Balaban J connectivity index is 1.01. The molecule has 1 spiro atoms. The van der Waals surface area contributed by atoms with Gasteiger partial charge in [0, 0.05) is 73.8 Å². The average Bonchev–Trinajstić information content (AvgIpc) is 3.18. The smallest absolute Gasteiger partial charge is 0.406 e. The van der Waals surface area contributed by atoms with E-state index in [9.17, 15) is 18.0 Å². The number of hydrogen-bond acceptors (Lipinski definition) is 5. The summed E-state index contributed by atoms with van der Waals surface area (Å²) in [6.45, 7) is 6.10. The van der Waals surface area contributed by atoms with Crippen molar-refractivity contribution in [2.45, 2.75) is 26.3 Å². The van der Waals surface area contributed by atoms with E-state index < -0.39 is 6.36 Å². The number of halogens is 3. The normalized spacial score (nSPS) is 16.1. The van der Waals surface area contributed by atoms with Crippen LogP contribution in [0.3, 0.4) is 0 Å². The molecule has 0 aliphatic carbocycles. The van der Waals surface area contributed by atoms with Crippen molar-refractivity contribution in [2.24, 2.45) is 12.5 Å². The van der Waals surface area contributed by atoms with E-state index in [1.54, 1.807) is 24.5 Å². The van der Waals surface area contributed by atoms with Crippen molar-refractivity contribution in [1.82, 2.24) is 14.9 Å². The van der Waals surface area contributed by atoms with E-state index in [-0.39, 0.29) is 17.1 Å². The number of anilines is 2. The number of benzene rings is 2. The van der Waals surface area contributed by atoms with Crippen molar-refractivity contribution in [1.29, 1.82) is 0 Å². The molecule has 10 heteroatoms. The zero-order valence-electron chi connectivity index (χ0n) is 22.3. The minimum atomic E-state index is -4.68. The molecule has 2 fully saturated rings. The molecule has 2 aliphatic heterocycles. The number of carbonyl (C=O) groups is 1. The van der Waals surface area contributed by atoms with Gasteiger partial charge in [-0.25, -0.2) is 0 Å². The van der Waals surface area contributed by atoms with Crippen LogP contribution in [-0.4, -0.2) is 48.0 Å². The molecule has 6 rings (SSSR count). The van der Waals surface area contributed by atoms with Crippen LogP contribution in [-0.2, 0) is 20.0 Å². The molecule has 0 unspecified atom stereocenters. The maximum atomic E-state index is 13.2. The Morgan fingerprint density at radius 2 is 1.57 bits per heavy atom. The Labute approximate surface area is 230 Å². The number of rotatable bonds is 7. The molecule has 208 valence electrons. The van der Waals surface area contributed by atoms with Gasteiger partial charge >= 0.3 is 6.36 Å². The number of amides is 1. The highest BCUT2D eigenvalue weighted by Gasteiger charge is 2.51. The first-order valence-electron chi connectivity index (χ1n) is 13.3. The van der Waals surface area contributed by atoms with Crippen LogP contribution in [0.4, 0.5) is 24.5 Å². The van der Waals surface area contributed by atoms with E-state index in [0.717, 1.165) is 66.1 Å². The molecule has 2 aromatic heterocycles. The zero-order chi connectivity index (χ0) is 28.1. The highest BCUT2D eigenvalue weighted by Crippen LogP contribution is 2.44. The molecule has 1 N–H and O–H groups in total. The van der Waals surface area contributed by atoms with Crippen LogP contribution in [0.1, 0.15) is 28.5 Å². The van der Waals surface area contributed by atoms with Gasteiger partial charge < -0.3 is 24.4 Å². The van der Waals surface area contributed by atoms with Crippen LogP contribution in [0.15, 0.2) is 67.0 Å². The molecule has 2 aromatic carbocycles. The van der Waals surface area contributed by atoms with Gasteiger partial charge in [-0.3, -0.25) is 9.78 Å². The quantitative estimate of drug-likeness (QED) is 0.340. The maximum absolute atomic E-state index is 13.2. The fourth-order valence-corrected chi connectivity index (χ4v) is 6.05. The molecule has 4 aromatic rings. The lowest BCUT2D eigenvalue weighted by atomic mass is 9.72. The number of pyridine rings is 1. The Bertz CT molecular complexity index is 1530. The molecule has 7 nitrogen and oxygen atoms in total. The van der Waals surface area contributed by atoms with Crippen molar-refractivity contribution in [3.05, 3.63) is 83.8 Å². The van der Waals surface area contributed by atoms with Crippen molar-refractivity contribution in [2.75, 3.05) is 36.0 Å². The lowest BCUT2D eigenvalue weighted by Gasteiger charge is -2.61. The zero-order valence-corrected chi connectivity index (χ0v) is 22.3. The topological polar surface area (TPSA) is 62.6 Å². The summed E-state index contributed by atoms with van der Waals surface area (Å²) in [7, 11) is 1.97. The molecule has 0 atom stereocenters. The van der Waals surface area contributed by atoms with Crippen molar-refractivity contribution in [3.63, 3.8) is 0 Å². The van der Waals surface area contributed by atoms with Crippen LogP contribution in [0, 0.1) is 5.41 Å². The summed E-state index contributed by atoms with van der Waals surface area (Å²) >= 11 is 0. The number of alkyl halides is 3. The van der Waals surface area contributed by atoms with Gasteiger partial charge in [0.15, 0.2) is 0 Å². The van der Waals surface area contributed by atoms with Gasteiger partial charge in [-0.1, -0.05) is 19.1 Å². The predicted molar refractivity (Wildman–Crippen MR) is 148 cm³/mol. The molecule has 4 heterocycles. The summed E-state index contributed by atoms with van der Waals surface area (Å²) in [6.07, 6.45) is -0.425. The Morgan fingerprint density at radius 1 is 0.975 bits per heavy atom. The third-order valence-corrected chi connectivity index (χ3v) is 7.98. The predicted octanol–water partition coefficient (Wildman–Crippen LogP) is 5.29. The summed E-state index contributed by atoms with van der Waals surface area (Å²) in [5, 5.41) is 4.00. The second-order valence-corrected chi connectivity index (χ2v) is 10.7. The number of carbonyl (C=O) groups excluding carboxylic acids is 1. The van der Waals surface area contributed by atoms with Crippen molar-refractivity contribution in [3.8, 4) is 5.75 Å². The minimum absolute atomic E-state index is 0.0838. The molecule has 0 radical (unpaired) electrons. The number of hydrogen-bond donors (Lipinski definition) is 1. The first-order valence-corrected chi connectivity index (χ1v) is 13.3. The Morgan fingerprint density at radius 3 is 2.15 bits per heavy atom. The second kappa shape index (κ2) is 9.76. The van der Waals surface area contributed by atoms with Gasteiger partial charge in [-0.15, -0.1) is 13.2 Å². The molecule has 2 aliphatic rings. The summed E-state index contributed by atoms with van der Waals surface area (Å²) in [5.41, 5.74) is 5.93. The summed E-state index contributed by atoms with van der Waals surface area (Å²) in [6, 6.07) is 16.2. The van der Waals surface area contributed by atoms with E-state index in [4.69, 9.17) is 0 Å². The SMILES string of the molecule is CCc1c(C(=O)NCc2ccc(N3CC4(C3)CN(c3ccc(OC(F)(F)F)cc3)C4)cc2)c2ccncc2n1C. The maximum Gasteiger partial charge on any atom is 0.573 e. The van der Waals surface area contributed by atoms with Crippen LogP contribution in [0.5, 0.6) is 5.75 Å². The molecular formula is C30H30F3N5O2. The highest BCUT2D eigenvalue weighted by atomic mass is 19.4. The monoisotopic (exact) mass is 549 g/mol. The molecular weight excluding hydrogens is 519 g/mol. The number of aromatic nitrogens is 2. The second-order valence-electron chi connectivity index (χ2n) is 10.7. The van der Waals surface area contributed by atoms with E-state index in [1.807, 2.05) is 36.7 Å². The summed E-state index contributed by atoms with van der Waals surface area (Å²) < 4.78 is 43.1. The molecule has 0 bridgehead atoms. The van der Waals surface area contributed by atoms with Crippen molar-refractivity contribution >= 4 is 28.2 Å². The summed E-state index contributed by atoms with van der Waals surface area (Å²) in [4.78, 5) is 21.9. The number of fused-ring (bicyclic) bond motifs is 1. The van der Waals surface area contributed by atoms with Crippen LogP contribution >= 0.6 is 0 Å². The van der Waals surface area contributed by atoms with Crippen LogP contribution < -0.4 is 19.9 Å². The third kappa shape index (κ3) is 4.82. The van der Waals surface area contributed by atoms with E-state index in [2.05, 4.69) is 37.0 Å². The van der Waals surface area contributed by atoms with Gasteiger partial charge in [-0.05, 0) is 54.4 Å². The number of nitrogens with one attached hydrogen (secondary N) is 1. The van der Waals surface area contributed by atoms with Crippen molar-refractivity contribution < 1.29 is 22.7 Å². The average molecular weight is 550 g/mol. The number of ether oxygens (including phenoxy) is 1. The van der Waals surface area contributed by atoms with Gasteiger partial charge in [0.2, 0.25) is 0 Å². The van der Waals surface area contributed by atoms with Gasteiger partial charge in [0.25, 0.3) is 5.91 Å². The van der Waals surface area contributed by atoms with Crippen LogP contribution in [0.25, 0.3) is 10.9 Å². The van der Waals surface area contributed by atoms with Crippen LogP contribution in [0.2, 0.25) is 0 Å². The Hall–Kier alpha value is -4.21. The fraction of sp³-hybridized carbons (Fsp3) is 0.333. The first-order chi connectivity index (χ1) is 19.1. The molecule has 1 amide bonds. The van der Waals surface area contributed by atoms with Gasteiger partial charge in [0.05, 0.1) is 17.3 Å². The number of aryl methyl sites for hydroxylation is 1. The minimum Gasteiger partial charge on any atom is -0.406 e. The fourth-order valence-electron chi connectivity index (χ4n) is 6.05. The van der Waals surface area contributed by atoms with E-state index in [0.29, 0.717) is 12.1 Å². The standard InChI is InChI=1S/C30H30F3N5O2/c1-3-25-27(24-12-13-34-15-26(24)36(25)2)28(39)35-14-20-4-6-21(7-5-20)37-16-29(17-37)18-38(19-29)22-8-10-23(11-9-22)40-30(31,32)33/h4-13,15H,3,14,16-19H2,1-2H3,(H,35,39). The first kappa shape index (κ1) is 26.0.